The molecule has 0 aliphatic rings. The van der Waals surface area contributed by atoms with E-state index in [2.05, 4.69) is 26.2 Å². The maximum absolute atomic E-state index is 11.9. The summed E-state index contributed by atoms with van der Waals surface area (Å²) in [7, 11) is 0. The minimum absolute atomic E-state index is 0.283. The first-order valence-electron chi connectivity index (χ1n) is 5.01. The number of hydrogen-bond acceptors (Lipinski definition) is 2. The number of H-pyrrole nitrogens is 1. The molecule has 1 heterocycles. The lowest BCUT2D eigenvalue weighted by molar-refractivity contribution is 0.102. The summed E-state index contributed by atoms with van der Waals surface area (Å²) in [5, 5.41) is 3.18. The lowest BCUT2D eigenvalue weighted by Gasteiger charge is -2.07. The van der Waals surface area contributed by atoms with Crippen molar-refractivity contribution in [1.29, 1.82) is 0 Å². The van der Waals surface area contributed by atoms with Gasteiger partial charge in [-0.2, -0.15) is 0 Å². The highest BCUT2D eigenvalue weighted by Gasteiger charge is 2.09. The summed E-state index contributed by atoms with van der Waals surface area (Å²) < 4.78 is 0.713. The second-order valence-corrected chi connectivity index (χ2v) is 4.81. The number of pyridine rings is 1. The van der Waals surface area contributed by atoms with E-state index in [-0.39, 0.29) is 17.0 Å². The summed E-state index contributed by atoms with van der Waals surface area (Å²) in [5.41, 5.74) is 0.506. The molecule has 6 heteroatoms. The van der Waals surface area contributed by atoms with Crippen LogP contribution in [-0.4, -0.2) is 10.9 Å². The number of rotatable bonds is 2. The number of benzene rings is 1. The van der Waals surface area contributed by atoms with Gasteiger partial charge in [0.25, 0.3) is 5.91 Å². The molecule has 2 aromatic rings. The van der Waals surface area contributed by atoms with E-state index in [0.29, 0.717) is 15.2 Å². The van der Waals surface area contributed by atoms with Gasteiger partial charge in [-0.05, 0) is 40.2 Å². The Bertz CT molecular complexity index is 655. The van der Waals surface area contributed by atoms with Gasteiger partial charge in [0.05, 0.1) is 5.69 Å². The first-order valence-corrected chi connectivity index (χ1v) is 6.18. The van der Waals surface area contributed by atoms with Gasteiger partial charge in [-0.15, -0.1) is 0 Å². The second kappa shape index (κ2) is 5.37. The van der Waals surface area contributed by atoms with Crippen molar-refractivity contribution in [1.82, 2.24) is 4.98 Å². The van der Waals surface area contributed by atoms with E-state index in [4.69, 9.17) is 11.6 Å². The van der Waals surface area contributed by atoms with Crippen molar-refractivity contribution < 1.29 is 4.79 Å². The standard InChI is InChI=1S/C12H8BrClN2O2/c13-9-2-1-8(14)6-10(9)16-12(18)7-3-4-15-11(17)5-7/h1-6H,(H,15,17)(H,16,18). The molecule has 2 rings (SSSR count). The van der Waals surface area contributed by atoms with E-state index in [0.717, 1.165) is 0 Å². The van der Waals surface area contributed by atoms with Crippen molar-refractivity contribution in [3.8, 4) is 0 Å². The number of amides is 1. The summed E-state index contributed by atoms with van der Waals surface area (Å²) >= 11 is 9.15. The predicted molar refractivity (Wildman–Crippen MR) is 74.2 cm³/mol. The Balaban J connectivity index is 2.26. The third-order valence-corrected chi connectivity index (χ3v) is 3.14. The van der Waals surface area contributed by atoms with Gasteiger partial charge in [0.2, 0.25) is 5.56 Å². The highest BCUT2D eigenvalue weighted by molar-refractivity contribution is 9.10. The van der Waals surface area contributed by atoms with Crippen molar-refractivity contribution >= 4 is 39.1 Å². The Morgan fingerprint density at radius 3 is 2.78 bits per heavy atom. The van der Waals surface area contributed by atoms with E-state index in [1.165, 1.54) is 18.3 Å². The maximum atomic E-state index is 11.9. The van der Waals surface area contributed by atoms with Crippen LogP contribution < -0.4 is 10.9 Å². The molecular formula is C12H8BrClN2O2. The molecule has 0 fully saturated rings. The van der Waals surface area contributed by atoms with Gasteiger partial charge in [0, 0.05) is 27.3 Å². The molecule has 0 spiro atoms. The fraction of sp³-hybridized carbons (Fsp3) is 0. The Labute approximate surface area is 116 Å². The molecular weight excluding hydrogens is 320 g/mol. The normalized spacial score (nSPS) is 10.1. The number of aromatic amines is 1. The molecule has 92 valence electrons. The monoisotopic (exact) mass is 326 g/mol. The first kappa shape index (κ1) is 12.9. The zero-order valence-electron chi connectivity index (χ0n) is 9.04. The summed E-state index contributed by atoms with van der Waals surface area (Å²) in [5.74, 6) is -0.371. The van der Waals surface area contributed by atoms with E-state index < -0.39 is 0 Å². The number of aromatic nitrogens is 1. The molecule has 0 bridgehead atoms. The van der Waals surface area contributed by atoms with Crippen LogP contribution in [0.4, 0.5) is 5.69 Å². The minimum atomic E-state index is -0.371. The molecule has 1 aromatic carbocycles. The predicted octanol–water partition coefficient (Wildman–Crippen LogP) is 3.04. The van der Waals surface area contributed by atoms with Crippen LogP contribution >= 0.6 is 27.5 Å². The van der Waals surface area contributed by atoms with Crippen molar-refractivity contribution in [2.75, 3.05) is 5.32 Å². The zero-order chi connectivity index (χ0) is 13.1. The number of halogens is 2. The highest BCUT2D eigenvalue weighted by atomic mass is 79.9. The van der Waals surface area contributed by atoms with E-state index in [9.17, 15) is 9.59 Å². The number of anilines is 1. The fourth-order valence-electron chi connectivity index (χ4n) is 1.37. The van der Waals surface area contributed by atoms with Gasteiger partial charge >= 0.3 is 0 Å². The third kappa shape index (κ3) is 3.00. The van der Waals surface area contributed by atoms with Crippen LogP contribution in [0, 0.1) is 0 Å². The second-order valence-electron chi connectivity index (χ2n) is 3.52. The number of hydrogen-bond donors (Lipinski definition) is 2. The number of carbonyl (C=O) groups is 1. The molecule has 0 atom stereocenters. The first-order chi connectivity index (χ1) is 8.56. The van der Waals surface area contributed by atoms with Crippen LogP contribution in [0.15, 0.2) is 45.8 Å². The molecule has 4 nitrogen and oxygen atoms in total. The Hall–Kier alpha value is -1.59. The van der Waals surface area contributed by atoms with Gasteiger partial charge in [-0.1, -0.05) is 11.6 Å². The topological polar surface area (TPSA) is 62.0 Å². The lowest BCUT2D eigenvalue weighted by atomic mass is 10.2. The van der Waals surface area contributed by atoms with E-state index in [1.54, 1.807) is 18.2 Å². The van der Waals surface area contributed by atoms with Crippen LogP contribution in [-0.2, 0) is 0 Å². The average molecular weight is 328 g/mol. The minimum Gasteiger partial charge on any atom is -0.329 e. The molecule has 0 saturated heterocycles. The maximum Gasteiger partial charge on any atom is 0.255 e. The molecule has 1 amide bonds. The number of nitrogens with one attached hydrogen (secondary N) is 2. The van der Waals surface area contributed by atoms with E-state index in [1.807, 2.05) is 0 Å². The largest absolute Gasteiger partial charge is 0.329 e. The summed E-state index contributed by atoms with van der Waals surface area (Å²) in [6.45, 7) is 0. The molecule has 0 unspecified atom stereocenters. The Morgan fingerprint density at radius 1 is 1.28 bits per heavy atom. The van der Waals surface area contributed by atoms with Gasteiger partial charge in [-0.3, -0.25) is 9.59 Å². The smallest absolute Gasteiger partial charge is 0.255 e. The number of carbonyl (C=O) groups excluding carboxylic acids is 1. The van der Waals surface area contributed by atoms with Crippen LogP contribution in [0.1, 0.15) is 10.4 Å². The fourth-order valence-corrected chi connectivity index (χ4v) is 1.89. The van der Waals surface area contributed by atoms with Gasteiger partial charge in [-0.25, -0.2) is 0 Å². The van der Waals surface area contributed by atoms with Crippen LogP contribution in [0.3, 0.4) is 0 Å². The molecule has 0 aliphatic heterocycles. The molecule has 0 saturated carbocycles. The molecule has 0 radical (unpaired) electrons. The average Bonchev–Trinajstić information content (AvgIpc) is 2.34. The van der Waals surface area contributed by atoms with Crippen molar-refractivity contribution in [3.05, 3.63) is 61.9 Å². The molecule has 1 aromatic heterocycles. The summed E-state index contributed by atoms with van der Waals surface area (Å²) in [6.07, 6.45) is 1.42. The SMILES string of the molecule is O=C(Nc1cc(Cl)ccc1Br)c1cc[nH]c(=O)c1. The zero-order valence-corrected chi connectivity index (χ0v) is 11.4. The van der Waals surface area contributed by atoms with Gasteiger partial charge in [0.15, 0.2) is 0 Å². The van der Waals surface area contributed by atoms with Gasteiger partial charge in [0.1, 0.15) is 0 Å². The highest BCUT2D eigenvalue weighted by Crippen LogP contribution is 2.26. The third-order valence-electron chi connectivity index (χ3n) is 2.21. The van der Waals surface area contributed by atoms with Crippen molar-refractivity contribution in [2.24, 2.45) is 0 Å². The van der Waals surface area contributed by atoms with Gasteiger partial charge < -0.3 is 10.3 Å². The van der Waals surface area contributed by atoms with E-state index >= 15 is 0 Å². The van der Waals surface area contributed by atoms with Crippen molar-refractivity contribution in [3.63, 3.8) is 0 Å². The lowest BCUT2D eigenvalue weighted by Crippen LogP contribution is -2.15. The van der Waals surface area contributed by atoms with Crippen LogP contribution in [0.2, 0.25) is 5.02 Å². The van der Waals surface area contributed by atoms with Crippen molar-refractivity contribution in [2.45, 2.75) is 0 Å². The Morgan fingerprint density at radius 2 is 2.06 bits per heavy atom. The quantitative estimate of drug-likeness (QED) is 0.890. The molecule has 0 aliphatic carbocycles. The molecule has 2 N–H and O–H groups in total. The molecule has 18 heavy (non-hydrogen) atoms. The van der Waals surface area contributed by atoms with Crippen LogP contribution in [0.25, 0.3) is 0 Å². The summed E-state index contributed by atoms with van der Waals surface area (Å²) in [4.78, 5) is 25.4. The summed E-state index contributed by atoms with van der Waals surface area (Å²) in [6, 6.07) is 7.81. The van der Waals surface area contributed by atoms with Crippen LogP contribution in [0.5, 0.6) is 0 Å². The Kier molecular flexibility index (Phi) is 3.84.